The molecule has 88 valence electrons. The number of carboxylic acids is 1. The van der Waals surface area contributed by atoms with Crippen molar-refractivity contribution >= 4 is 22.3 Å². The zero-order valence-corrected chi connectivity index (χ0v) is 8.18. The molecule has 0 bridgehead atoms. The minimum absolute atomic E-state index is 0.743. The van der Waals surface area contributed by atoms with E-state index in [1.54, 1.807) is 0 Å². The zero-order chi connectivity index (χ0) is 12.2. The van der Waals surface area contributed by atoms with Gasteiger partial charge in [-0.1, -0.05) is 0 Å². The molecular weight excluding hydrogens is 232 g/mol. The van der Waals surface area contributed by atoms with E-state index in [0.717, 1.165) is 0 Å². The summed E-state index contributed by atoms with van der Waals surface area (Å²) in [6.07, 6.45) is -2.48. The van der Waals surface area contributed by atoms with Crippen LogP contribution in [0.2, 0.25) is 0 Å². The molecule has 0 rings (SSSR count). The van der Waals surface area contributed by atoms with Gasteiger partial charge in [0.05, 0.1) is 6.42 Å². The highest BCUT2D eigenvalue weighted by Crippen LogP contribution is 2.06. The molecule has 0 radical (unpaired) electrons. The Kier molecular flexibility index (Phi) is 4.61. The first-order chi connectivity index (χ1) is 6.63. The molecule has 0 aliphatic rings. The Morgan fingerprint density at radius 2 is 1.87 bits per heavy atom. The maximum atomic E-state index is 10.4. The van der Waals surface area contributed by atoms with Crippen LogP contribution in [0.15, 0.2) is 0 Å². The fourth-order valence-corrected chi connectivity index (χ4v) is 1.23. The van der Waals surface area contributed by atoms with Crippen LogP contribution in [0.4, 0.5) is 0 Å². The van der Waals surface area contributed by atoms with Gasteiger partial charge in [-0.3, -0.25) is 14.1 Å². The summed E-state index contributed by atoms with van der Waals surface area (Å²) in [6.45, 7) is 0. The molecule has 9 nitrogen and oxygen atoms in total. The van der Waals surface area contributed by atoms with Crippen molar-refractivity contribution in [2.24, 2.45) is 11.5 Å². The number of carbonyl (C=O) groups excluding carboxylic acids is 1. The van der Waals surface area contributed by atoms with Crippen molar-refractivity contribution < 1.29 is 31.8 Å². The first-order valence-corrected chi connectivity index (χ1v) is 4.92. The van der Waals surface area contributed by atoms with Crippen molar-refractivity contribution in [1.29, 1.82) is 0 Å². The predicted octanol–water partition coefficient (Wildman–Crippen LogP) is -2.54. The SMILES string of the molecule is NC(=O)C[C@H](OS(=O)(=O)O)[C@H](N)C(=O)O. The molecule has 10 heteroatoms. The number of rotatable bonds is 6. The molecule has 0 spiro atoms. The van der Waals surface area contributed by atoms with Crippen LogP contribution < -0.4 is 11.5 Å². The number of carboxylic acid groups (broad SMARTS) is 1. The number of amides is 1. The maximum Gasteiger partial charge on any atom is 0.397 e. The fourth-order valence-electron chi connectivity index (χ4n) is 0.734. The fraction of sp³-hybridized carbons (Fsp3) is 0.600. The lowest BCUT2D eigenvalue weighted by atomic mass is 10.1. The number of hydrogen-bond acceptors (Lipinski definition) is 6. The van der Waals surface area contributed by atoms with Gasteiger partial charge >= 0.3 is 16.4 Å². The largest absolute Gasteiger partial charge is 0.480 e. The van der Waals surface area contributed by atoms with E-state index < -0.39 is 40.8 Å². The number of hydrogen-bond donors (Lipinski definition) is 4. The van der Waals surface area contributed by atoms with Crippen LogP contribution in [-0.2, 0) is 24.2 Å². The molecule has 0 aromatic rings. The molecule has 1 amide bonds. The van der Waals surface area contributed by atoms with E-state index in [1.165, 1.54) is 0 Å². The van der Waals surface area contributed by atoms with Crippen molar-refractivity contribution in [2.45, 2.75) is 18.6 Å². The average Bonchev–Trinajstić information content (AvgIpc) is 1.97. The molecule has 0 aromatic carbocycles. The lowest BCUT2D eigenvalue weighted by molar-refractivity contribution is -0.141. The highest BCUT2D eigenvalue weighted by atomic mass is 32.3. The average molecular weight is 242 g/mol. The van der Waals surface area contributed by atoms with Gasteiger partial charge in [0.25, 0.3) is 0 Å². The summed E-state index contributed by atoms with van der Waals surface area (Å²) in [6, 6.07) is -1.79. The van der Waals surface area contributed by atoms with Gasteiger partial charge in [-0.25, -0.2) is 4.18 Å². The normalized spacial score (nSPS) is 15.6. The molecule has 6 N–H and O–H groups in total. The summed E-state index contributed by atoms with van der Waals surface area (Å²) in [7, 11) is -4.90. The summed E-state index contributed by atoms with van der Waals surface area (Å²) in [5.74, 6) is -2.61. The molecule has 0 unspecified atom stereocenters. The van der Waals surface area contributed by atoms with Crippen LogP contribution in [0.5, 0.6) is 0 Å². The molecule has 0 heterocycles. The number of primary amides is 1. The van der Waals surface area contributed by atoms with Crippen molar-refractivity contribution in [2.75, 3.05) is 0 Å². The molecule has 0 fully saturated rings. The Morgan fingerprint density at radius 1 is 1.40 bits per heavy atom. The maximum absolute atomic E-state index is 10.4. The van der Waals surface area contributed by atoms with Crippen LogP contribution in [-0.4, -0.2) is 42.1 Å². The van der Waals surface area contributed by atoms with Gasteiger partial charge in [0.2, 0.25) is 5.91 Å². The van der Waals surface area contributed by atoms with Crippen LogP contribution in [0.3, 0.4) is 0 Å². The van der Waals surface area contributed by atoms with Gasteiger partial charge in [0, 0.05) is 0 Å². The first-order valence-electron chi connectivity index (χ1n) is 3.56. The lowest BCUT2D eigenvalue weighted by Gasteiger charge is -2.17. The standard InChI is InChI=1S/C5H10N2O7S/c6-3(8)1-2(4(7)5(9)10)14-15(11,12)13/h2,4H,1,7H2,(H2,6,8)(H,9,10)(H,11,12,13)/t2-,4-/m0/s1. The van der Waals surface area contributed by atoms with E-state index in [0.29, 0.717) is 0 Å². The second-order valence-corrected chi connectivity index (χ2v) is 3.64. The Bertz CT molecular complexity index is 350. The molecule has 2 atom stereocenters. The predicted molar refractivity (Wildman–Crippen MR) is 45.8 cm³/mol. The number of aliphatic carboxylic acids is 1. The molecule has 0 aliphatic heterocycles. The quantitative estimate of drug-likeness (QED) is 0.369. The summed E-state index contributed by atoms with van der Waals surface area (Å²) in [5, 5.41) is 8.43. The second kappa shape index (κ2) is 5.02. The van der Waals surface area contributed by atoms with Crippen LogP contribution in [0.1, 0.15) is 6.42 Å². The zero-order valence-electron chi connectivity index (χ0n) is 7.36. The number of nitrogens with two attached hydrogens (primary N) is 2. The van der Waals surface area contributed by atoms with Crippen LogP contribution in [0, 0.1) is 0 Å². The first kappa shape index (κ1) is 13.8. The molecule has 0 saturated carbocycles. The van der Waals surface area contributed by atoms with Crippen molar-refractivity contribution in [3.63, 3.8) is 0 Å². The van der Waals surface area contributed by atoms with E-state index >= 15 is 0 Å². The minimum Gasteiger partial charge on any atom is -0.480 e. The Hall–Kier alpha value is -1.23. The van der Waals surface area contributed by atoms with Gasteiger partial charge in [-0.15, -0.1) is 0 Å². The van der Waals surface area contributed by atoms with Crippen LogP contribution in [0.25, 0.3) is 0 Å². The van der Waals surface area contributed by atoms with E-state index in [9.17, 15) is 18.0 Å². The van der Waals surface area contributed by atoms with Crippen LogP contribution >= 0.6 is 0 Å². The van der Waals surface area contributed by atoms with Gasteiger partial charge in [-0.05, 0) is 0 Å². The summed E-state index contributed by atoms with van der Waals surface area (Å²) < 4.78 is 32.7. The van der Waals surface area contributed by atoms with Crippen molar-refractivity contribution in [3.8, 4) is 0 Å². The van der Waals surface area contributed by atoms with Gasteiger partial charge in [0.15, 0.2) is 0 Å². The van der Waals surface area contributed by atoms with E-state index in [4.69, 9.17) is 21.1 Å². The third-order valence-electron chi connectivity index (χ3n) is 1.33. The van der Waals surface area contributed by atoms with Gasteiger partial charge < -0.3 is 16.6 Å². The van der Waals surface area contributed by atoms with Gasteiger partial charge in [-0.2, -0.15) is 8.42 Å². The molecule has 15 heavy (non-hydrogen) atoms. The van der Waals surface area contributed by atoms with E-state index in [1.807, 2.05) is 0 Å². The van der Waals surface area contributed by atoms with Gasteiger partial charge in [0.1, 0.15) is 12.1 Å². The smallest absolute Gasteiger partial charge is 0.397 e. The molecule has 0 saturated heterocycles. The highest BCUT2D eigenvalue weighted by Gasteiger charge is 2.30. The Morgan fingerprint density at radius 3 is 2.13 bits per heavy atom. The lowest BCUT2D eigenvalue weighted by Crippen LogP contribution is -2.46. The summed E-state index contributed by atoms with van der Waals surface area (Å²) in [5.41, 5.74) is 9.71. The topological polar surface area (TPSA) is 170 Å². The van der Waals surface area contributed by atoms with E-state index in [2.05, 4.69) is 4.18 Å². The highest BCUT2D eigenvalue weighted by molar-refractivity contribution is 7.80. The van der Waals surface area contributed by atoms with Crippen molar-refractivity contribution in [1.82, 2.24) is 0 Å². The summed E-state index contributed by atoms with van der Waals surface area (Å²) >= 11 is 0. The van der Waals surface area contributed by atoms with E-state index in [-0.39, 0.29) is 0 Å². The third-order valence-corrected chi connectivity index (χ3v) is 1.82. The summed E-state index contributed by atoms with van der Waals surface area (Å²) in [4.78, 5) is 20.8. The Labute approximate surface area is 84.9 Å². The minimum atomic E-state index is -4.90. The second-order valence-electron chi connectivity index (χ2n) is 2.60. The van der Waals surface area contributed by atoms with Crippen molar-refractivity contribution in [3.05, 3.63) is 0 Å². The third kappa shape index (κ3) is 5.96. The molecular formula is C5H10N2O7S. The number of carbonyl (C=O) groups is 2. The Balaban J connectivity index is 4.73. The molecule has 0 aromatic heterocycles. The molecule has 0 aliphatic carbocycles. The monoisotopic (exact) mass is 242 g/mol.